The molecule has 1 aromatic rings. The number of halogens is 1. The molecule has 1 aromatic heterocycles. The van der Waals surface area contributed by atoms with Crippen molar-refractivity contribution in [2.45, 2.75) is 18.1 Å². The first-order chi connectivity index (χ1) is 8.90. The first-order valence-electron chi connectivity index (χ1n) is 5.80. The molecular formula is C11H16ClNO4S2. The smallest absolute Gasteiger partial charge is 0.270 e. The molecular weight excluding hydrogens is 310 g/mol. The van der Waals surface area contributed by atoms with E-state index in [2.05, 4.69) is 0 Å². The number of hydrogen-bond acceptors (Lipinski definition) is 5. The Morgan fingerprint density at radius 2 is 2.16 bits per heavy atom. The topological polar surface area (TPSA) is 63.7 Å². The van der Waals surface area contributed by atoms with E-state index in [9.17, 15) is 13.2 Å². The summed E-state index contributed by atoms with van der Waals surface area (Å²) in [6.07, 6.45) is 0. The zero-order valence-electron chi connectivity index (χ0n) is 10.8. The van der Waals surface area contributed by atoms with Gasteiger partial charge < -0.3 is 9.64 Å². The van der Waals surface area contributed by atoms with Crippen LogP contribution in [0.15, 0.2) is 15.7 Å². The molecule has 0 fully saturated rings. The summed E-state index contributed by atoms with van der Waals surface area (Å²) in [5.41, 5.74) is 0.336. The maximum Gasteiger partial charge on any atom is 0.270 e. The van der Waals surface area contributed by atoms with Crippen molar-refractivity contribution in [2.24, 2.45) is 0 Å². The van der Waals surface area contributed by atoms with Gasteiger partial charge >= 0.3 is 0 Å². The van der Waals surface area contributed by atoms with Crippen LogP contribution in [0.1, 0.15) is 24.2 Å². The summed E-state index contributed by atoms with van der Waals surface area (Å²) in [5, 5.41) is 1.50. The molecule has 0 bridgehead atoms. The van der Waals surface area contributed by atoms with Gasteiger partial charge in [-0.2, -0.15) is 0 Å². The zero-order valence-corrected chi connectivity index (χ0v) is 13.1. The number of ether oxygens (including phenoxy) is 1. The lowest BCUT2D eigenvalue weighted by atomic mass is 10.3. The van der Waals surface area contributed by atoms with Crippen molar-refractivity contribution >= 4 is 37.0 Å². The summed E-state index contributed by atoms with van der Waals surface area (Å²) in [5.74, 6) is -0.218. The van der Waals surface area contributed by atoms with Gasteiger partial charge in [-0.05, 0) is 19.9 Å². The lowest BCUT2D eigenvalue weighted by molar-refractivity contribution is 0.0669. The average Bonchev–Trinajstić information content (AvgIpc) is 2.83. The summed E-state index contributed by atoms with van der Waals surface area (Å²) in [6.45, 7) is 5.80. The third-order valence-corrected chi connectivity index (χ3v) is 5.48. The van der Waals surface area contributed by atoms with E-state index in [1.54, 1.807) is 4.90 Å². The van der Waals surface area contributed by atoms with Crippen molar-refractivity contribution in [3.63, 3.8) is 0 Å². The normalized spacial score (nSPS) is 11.5. The SMILES string of the molecule is CCOCCN(CC)C(=O)c1csc(S(=O)(=O)Cl)c1. The number of thiophene rings is 1. The second kappa shape index (κ2) is 7.23. The summed E-state index contributed by atoms with van der Waals surface area (Å²) >= 11 is 0.942. The van der Waals surface area contributed by atoms with Crippen molar-refractivity contribution in [2.75, 3.05) is 26.3 Å². The van der Waals surface area contributed by atoms with Crippen LogP contribution in [0.5, 0.6) is 0 Å². The highest BCUT2D eigenvalue weighted by Crippen LogP contribution is 2.24. The molecule has 0 unspecified atom stereocenters. The molecule has 8 heteroatoms. The predicted molar refractivity (Wildman–Crippen MR) is 75.4 cm³/mol. The van der Waals surface area contributed by atoms with Crippen LogP contribution in [-0.4, -0.2) is 45.5 Å². The molecule has 1 rings (SSSR count). The van der Waals surface area contributed by atoms with Crippen LogP contribution in [0.25, 0.3) is 0 Å². The molecule has 0 aromatic carbocycles. The molecule has 108 valence electrons. The van der Waals surface area contributed by atoms with Gasteiger partial charge in [0.15, 0.2) is 0 Å². The molecule has 0 aliphatic heterocycles. The van der Waals surface area contributed by atoms with E-state index in [0.29, 0.717) is 31.9 Å². The molecule has 1 amide bonds. The van der Waals surface area contributed by atoms with Crippen LogP contribution < -0.4 is 0 Å². The van der Waals surface area contributed by atoms with Crippen LogP contribution >= 0.6 is 22.0 Å². The monoisotopic (exact) mass is 325 g/mol. The van der Waals surface area contributed by atoms with Gasteiger partial charge in [0.2, 0.25) is 0 Å². The average molecular weight is 326 g/mol. The summed E-state index contributed by atoms with van der Waals surface area (Å²) in [6, 6.07) is 1.30. The molecule has 0 atom stereocenters. The standard InChI is InChI=1S/C11H16ClNO4S2/c1-3-13(5-6-17-4-2)11(14)9-7-10(18-8-9)19(12,15)16/h7-8H,3-6H2,1-2H3. The molecule has 0 spiro atoms. The molecule has 0 N–H and O–H groups in total. The number of amides is 1. The molecule has 0 aliphatic carbocycles. The minimum atomic E-state index is -3.77. The highest BCUT2D eigenvalue weighted by Gasteiger charge is 2.19. The second-order valence-corrected chi connectivity index (χ2v) is 7.38. The first kappa shape index (κ1) is 16.4. The molecule has 0 saturated carbocycles. The van der Waals surface area contributed by atoms with E-state index < -0.39 is 9.05 Å². The van der Waals surface area contributed by atoms with Gasteiger partial charge in [-0.1, -0.05) is 0 Å². The van der Waals surface area contributed by atoms with E-state index in [0.717, 1.165) is 11.3 Å². The second-order valence-electron chi connectivity index (χ2n) is 3.67. The third kappa shape index (κ3) is 4.76. The van der Waals surface area contributed by atoms with Gasteiger partial charge in [-0.15, -0.1) is 11.3 Å². The summed E-state index contributed by atoms with van der Waals surface area (Å²) in [7, 11) is 1.46. The van der Waals surface area contributed by atoms with Crippen LogP contribution in [0, 0.1) is 0 Å². The number of carbonyl (C=O) groups is 1. The first-order valence-corrected chi connectivity index (χ1v) is 8.99. The third-order valence-electron chi connectivity index (χ3n) is 2.44. The fourth-order valence-electron chi connectivity index (χ4n) is 1.46. The minimum absolute atomic E-state index is 0.0154. The number of carbonyl (C=O) groups excluding carboxylic acids is 1. The Kier molecular flexibility index (Phi) is 6.25. The summed E-state index contributed by atoms with van der Waals surface area (Å²) < 4.78 is 27.5. The highest BCUT2D eigenvalue weighted by atomic mass is 35.7. The number of hydrogen-bond donors (Lipinski definition) is 0. The van der Waals surface area contributed by atoms with Gasteiger partial charge in [0.25, 0.3) is 15.0 Å². The Hall–Kier alpha value is -0.630. The molecule has 5 nitrogen and oxygen atoms in total. The van der Waals surface area contributed by atoms with Crippen molar-refractivity contribution in [3.8, 4) is 0 Å². The lowest BCUT2D eigenvalue weighted by Crippen LogP contribution is -2.33. The number of likely N-dealkylation sites (N-methyl/N-ethyl adjacent to an activating group) is 1. The van der Waals surface area contributed by atoms with Gasteiger partial charge in [0, 0.05) is 35.8 Å². The van der Waals surface area contributed by atoms with Gasteiger partial charge in [-0.25, -0.2) is 8.42 Å². The Morgan fingerprint density at radius 3 is 2.63 bits per heavy atom. The summed E-state index contributed by atoms with van der Waals surface area (Å²) in [4.78, 5) is 13.7. The largest absolute Gasteiger partial charge is 0.380 e. The van der Waals surface area contributed by atoms with Crippen molar-refractivity contribution in [3.05, 3.63) is 17.0 Å². The van der Waals surface area contributed by atoms with Gasteiger partial charge in [-0.3, -0.25) is 4.79 Å². The minimum Gasteiger partial charge on any atom is -0.380 e. The van der Waals surface area contributed by atoms with Crippen LogP contribution in [0.4, 0.5) is 0 Å². The Labute approximate surface area is 121 Å². The van der Waals surface area contributed by atoms with E-state index in [4.69, 9.17) is 15.4 Å². The van der Waals surface area contributed by atoms with E-state index in [1.165, 1.54) is 11.4 Å². The van der Waals surface area contributed by atoms with Crippen LogP contribution in [0.2, 0.25) is 0 Å². The van der Waals surface area contributed by atoms with Gasteiger partial charge in [0.1, 0.15) is 4.21 Å². The highest BCUT2D eigenvalue weighted by molar-refractivity contribution is 8.15. The van der Waals surface area contributed by atoms with E-state index in [1.807, 2.05) is 13.8 Å². The number of nitrogens with zero attached hydrogens (tertiary/aromatic N) is 1. The molecule has 19 heavy (non-hydrogen) atoms. The maximum atomic E-state index is 12.1. The van der Waals surface area contributed by atoms with Gasteiger partial charge in [0.05, 0.1) is 12.2 Å². The fraction of sp³-hybridized carbons (Fsp3) is 0.545. The van der Waals surface area contributed by atoms with E-state index >= 15 is 0 Å². The Balaban J connectivity index is 2.77. The Morgan fingerprint density at radius 1 is 1.47 bits per heavy atom. The molecule has 0 radical (unpaired) electrons. The lowest BCUT2D eigenvalue weighted by Gasteiger charge is -2.20. The molecule has 1 heterocycles. The quantitative estimate of drug-likeness (QED) is 0.569. The predicted octanol–water partition coefficient (Wildman–Crippen LogP) is 2.17. The maximum absolute atomic E-state index is 12.1. The van der Waals surface area contributed by atoms with E-state index in [-0.39, 0.29) is 10.1 Å². The number of rotatable bonds is 7. The zero-order chi connectivity index (χ0) is 14.5. The van der Waals surface area contributed by atoms with Crippen molar-refractivity contribution in [1.29, 1.82) is 0 Å². The van der Waals surface area contributed by atoms with Crippen molar-refractivity contribution in [1.82, 2.24) is 4.90 Å². The van der Waals surface area contributed by atoms with Crippen LogP contribution in [-0.2, 0) is 13.8 Å². The van der Waals surface area contributed by atoms with Crippen LogP contribution in [0.3, 0.4) is 0 Å². The molecule has 0 saturated heterocycles. The fourth-order valence-corrected chi connectivity index (χ4v) is 3.40. The Bertz CT molecular complexity index is 527. The molecule has 0 aliphatic rings. The van der Waals surface area contributed by atoms with Crippen molar-refractivity contribution < 1.29 is 17.9 Å².